The van der Waals surface area contributed by atoms with E-state index < -0.39 is 36.3 Å². The molecule has 1 aromatic heterocycles. The number of hydrogen-bond donors (Lipinski definition) is 2. The van der Waals surface area contributed by atoms with Crippen LogP contribution in [0.2, 0.25) is 0 Å². The fraction of sp³-hybridized carbons (Fsp3) is 0.200. The minimum atomic E-state index is -1.36. The summed E-state index contributed by atoms with van der Waals surface area (Å²) in [6.45, 7) is 1.57. The van der Waals surface area contributed by atoms with Crippen molar-refractivity contribution in [3.63, 3.8) is 0 Å². The van der Waals surface area contributed by atoms with Crippen LogP contribution in [-0.4, -0.2) is 29.0 Å². The number of carbonyl (C=O) groups excluding carboxylic acids is 3. The smallest absolute Gasteiger partial charge is 0.420 e. The van der Waals surface area contributed by atoms with Crippen LogP contribution in [0.5, 0.6) is 0 Å². The van der Waals surface area contributed by atoms with Gasteiger partial charge in [-0.2, -0.15) is 0 Å². The largest absolute Gasteiger partial charge is 0.446 e. The summed E-state index contributed by atoms with van der Waals surface area (Å²) in [5.74, 6) is -2.36. The number of aromatic nitrogens is 1. The number of urea groups is 1. The monoisotopic (exact) mass is 397 g/mol. The lowest BCUT2D eigenvalue weighted by molar-refractivity contribution is -0.156. The third kappa shape index (κ3) is 4.70. The summed E-state index contributed by atoms with van der Waals surface area (Å²) in [6, 6.07) is 14.2. The molecule has 0 bridgehead atoms. The summed E-state index contributed by atoms with van der Waals surface area (Å²) in [5, 5.41) is 4.56. The van der Waals surface area contributed by atoms with E-state index in [1.807, 2.05) is 0 Å². The highest BCUT2D eigenvalue weighted by molar-refractivity contribution is 5.97. The maximum Gasteiger partial charge on any atom is 0.420 e. The number of amides is 3. The molecule has 3 rings (SSSR count). The number of benzene rings is 2. The molecule has 1 atom stereocenters. The lowest BCUT2D eigenvalue weighted by atomic mass is 10.1. The number of nitrogens with one attached hydrogen (secondary N) is 2. The fourth-order valence-electron chi connectivity index (χ4n) is 2.74. The Hall–Kier alpha value is -3.88. The van der Waals surface area contributed by atoms with Gasteiger partial charge in [0, 0.05) is 12.1 Å². The molecular weight excluding hydrogens is 378 g/mol. The number of fused-ring (bicyclic) bond motifs is 1. The zero-order valence-electron chi connectivity index (χ0n) is 15.6. The molecule has 0 saturated heterocycles. The van der Waals surface area contributed by atoms with E-state index in [4.69, 9.17) is 9.15 Å². The van der Waals surface area contributed by atoms with Gasteiger partial charge >= 0.3 is 17.8 Å². The van der Waals surface area contributed by atoms with E-state index in [0.717, 1.165) is 4.57 Å². The van der Waals surface area contributed by atoms with E-state index >= 15 is 0 Å². The Morgan fingerprint density at radius 2 is 1.76 bits per heavy atom. The molecule has 0 radical (unpaired) electrons. The molecule has 29 heavy (non-hydrogen) atoms. The quantitative estimate of drug-likeness (QED) is 0.611. The molecule has 150 valence electrons. The van der Waals surface area contributed by atoms with Crippen molar-refractivity contribution in [2.45, 2.75) is 19.6 Å². The van der Waals surface area contributed by atoms with E-state index in [9.17, 15) is 19.2 Å². The van der Waals surface area contributed by atoms with Gasteiger partial charge in [0.25, 0.3) is 5.91 Å². The van der Waals surface area contributed by atoms with Crippen LogP contribution in [-0.2, 0) is 20.9 Å². The highest BCUT2D eigenvalue weighted by Gasteiger charge is 2.27. The van der Waals surface area contributed by atoms with Gasteiger partial charge in [-0.15, -0.1) is 0 Å². The molecule has 0 saturated carbocycles. The normalized spacial score (nSPS) is 11.6. The molecule has 9 nitrogen and oxygen atoms in total. The molecule has 0 spiro atoms. The summed E-state index contributed by atoms with van der Waals surface area (Å²) < 4.78 is 11.5. The van der Waals surface area contributed by atoms with Crippen molar-refractivity contribution in [1.29, 1.82) is 0 Å². The number of hydrogen-bond acceptors (Lipinski definition) is 6. The Balaban J connectivity index is 1.80. The maximum atomic E-state index is 12.5. The molecule has 9 heteroatoms. The first-order valence-electron chi connectivity index (χ1n) is 8.91. The molecule has 2 aromatic carbocycles. The topological polar surface area (TPSA) is 120 Å². The number of ether oxygens (including phenoxy) is 1. The minimum Gasteiger partial charge on any atom is -0.446 e. The van der Waals surface area contributed by atoms with Crippen molar-refractivity contribution >= 4 is 29.0 Å². The lowest BCUT2D eigenvalue weighted by Crippen LogP contribution is -2.42. The molecule has 0 aliphatic rings. The van der Waals surface area contributed by atoms with Crippen molar-refractivity contribution in [1.82, 2.24) is 15.2 Å². The summed E-state index contributed by atoms with van der Waals surface area (Å²) in [4.78, 5) is 48.7. The number of imide groups is 1. The Morgan fingerprint density at radius 3 is 2.48 bits per heavy atom. The summed E-state index contributed by atoms with van der Waals surface area (Å²) in [5.41, 5.74) is 1.14. The van der Waals surface area contributed by atoms with Gasteiger partial charge in [-0.25, -0.2) is 9.59 Å². The number of nitrogens with zero attached hydrogens (tertiary/aromatic N) is 1. The van der Waals surface area contributed by atoms with Crippen molar-refractivity contribution in [3.05, 3.63) is 70.7 Å². The maximum absolute atomic E-state index is 12.5. The van der Waals surface area contributed by atoms with Gasteiger partial charge < -0.3 is 14.5 Å². The number of carbonyl (C=O) groups is 3. The van der Waals surface area contributed by atoms with Gasteiger partial charge in [-0.3, -0.25) is 19.5 Å². The molecular formula is C20H19N3O6. The third-order valence-electron chi connectivity index (χ3n) is 4.02. The van der Waals surface area contributed by atoms with E-state index in [1.54, 1.807) is 61.5 Å². The molecule has 0 aliphatic carbocycles. The first-order chi connectivity index (χ1) is 14.0. The number of esters is 1. The summed E-state index contributed by atoms with van der Waals surface area (Å²) in [6.07, 6.45) is -1.36. The minimum absolute atomic E-state index is 0.325. The molecule has 3 amide bonds. The predicted octanol–water partition coefficient (Wildman–Crippen LogP) is 1.72. The third-order valence-corrected chi connectivity index (χ3v) is 4.02. The van der Waals surface area contributed by atoms with E-state index in [0.29, 0.717) is 23.2 Å². The van der Waals surface area contributed by atoms with Gasteiger partial charge in [0.15, 0.2) is 5.58 Å². The van der Waals surface area contributed by atoms with Crippen molar-refractivity contribution in [3.8, 4) is 0 Å². The standard InChI is InChI=1S/C20H19N3O6/c1-2-21-19(26)22-18(25)17(13-8-4-3-5-9-13)29-16(24)12-23-14-10-6-7-11-15(14)28-20(23)27/h3-11,17H,2,12H2,1H3,(H2,21,22,25,26)/t17-/m0/s1. The Morgan fingerprint density at radius 1 is 1.07 bits per heavy atom. The first-order valence-corrected chi connectivity index (χ1v) is 8.91. The molecule has 0 unspecified atom stereocenters. The molecule has 0 aliphatic heterocycles. The van der Waals surface area contributed by atoms with Crippen molar-refractivity contribution in [2.75, 3.05) is 6.54 Å². The second-order valence-corrected chi connectivity index (χ2v) is 6.05. The van der Waals surface area contributed by atoms with Crippen LogP contribution in [0.3, 0.4) is 0 Å². The van der Waals surface area contributed by atoms with Gasteiger partial charge in [-0.05, 0) is 19.1 Å². The second kappa shape index (κ2) is 8.87. The summed E-state index contributed by atoms with van der Waals surface area (Å²) >= 11 is 0. The van der Waals surface area contributed by atoms with E-state index in [-0.39, 0.29) is 0 Å². The zero-order chi connectivity index (χ0) is 20.8. The van der Waals surface area contributed by atoms with Gasteiger partial charge in [-0.1, -0.05) is 42.5 Å². The van der Waals surface area contributed by atoms with Gasteiger partial charge in [0.1, 0.15) is 6.54 Å². The Labute approximate surface area is 165 Å². The first kappa shape index (κ1) is 19.9. The average Bonchev–Trinajstić information content (AvgIpc) is 3.02. The number of para-hydroxylation sites is 2. The Kier molecular flexibility index (Phi) is 6.08. The highest BCUT2D eigenvalue weighted by atomic mass is 16.5. The number of rotatable bonds is 6. The molecule has 2 N–H and O–H groups in total. The van der Waals surface area contributed by atoms with Crippen LogP contribution in [0.1, 0.15) is 18.6 Å². The van der Waals surface area contributed by atoms with E-state index in [1.165, 1.54) is 0 Å². The SMILES string of the molecule is CCNC(=O)NC(=O)[C@@H](OC(=O)Cn1c(=O)oc2ccccc21)c1ccccc1. The van der Waals surface area contributed by atoms with Crippen LogP contribution >= 0.6 is 0 Å². The van der Waals surface area contributed by atoms with Crippen molar-refractivity contribution in [2.24, 2.45) is 0 Å². The zero-order valence-corrected chi connectivity index (χ0v) is 15.6. The fourth-order valence-corrected chi connectivity index (χ4v) is 2.74. The van der Waals surface area contributed by atoms with Crippen LogP contribution < -0.4 is 16.4 Å². The van der Waals surface area contributed by atoms with Crippen LogP contribution in [0.15, 0.2) is 63.8 Å². The number of oxazole rings is 1. The highest BCUT2D eigenvalue weighted by Crippen LogP contribution is 2.19. The Bertz CT molecular complexity index is 1090. The predicted molar refractivity (Wildman–Crippen MR) is 103 cm³/mol. The van der Waals surface area contributed by atoms with Gasteiger partial charge in [0.05, 0.1) is 5.52 Å². The van der Waals surface area contributed by atoms with Crippen LogP contribution in [0, 0.1) is 0 Å². The molecule has 1 heterocycles. The second-order valence-electron chi connectivity index (χ2n) is 6.05. The van der Waals surface area contributed by atoms with Gasteiger partial charge in [0.2, 0.25) is 6.10 Å². The summed E-state index contributed by atoms with van der Waals surface area (Å²) in [7, 11) is 0. The van der Waals surface area contributed by atoms with Crippen molar-refractivity contribution < 1.29 is 23.5 Å². The average molecular weight is 397 g/mol. The van der Waals surface area contributed by atoms with Crippen LogP contribution in [0.4, 0.5) is 4.79 Å². The lowest BCUT2D eigenvalue weighted by Gasteiger charge is -2.17. The van der Waals surface area contributed by atoms with E-state index in [2.05, 4.69) is 10.6 Å². The molecule has 0 fully saturated rings. The molecule has 3 aromatic rings. The van der Waals surface area contributed by atoms with Crippen LogP contribution in [0.25, 0.3) is 11.1 Å².